The van der Waals surface area contributed by atoms with Gasteiger partial charge in [-0.05, 0) is 42.7 Å². The minimum atomic E-state index is 0. The third kappa shape index (κ3) is 5.35. The molecule has 0 saturated carbocycles. The largest absolute Gasteiger partial charge is 0.357 e. The average molecular weight is 502 g/mol. The summed E-state index contributed by atoms with van der Waals surface area (Å²) in [5, 5.41) is 7.70. The first-order valence-corrected chi connectivity index (χ1v) is 9.86. The Labute approximate surface area is 189 Å². The highest BCUT2D eigenvalue weighted by Crippen LogP contribution is 2.27. The Morgan fingerprint density at radius 2 is 2.03 bits per heavy atom. The molecular formula is C22H27IN6. The van der Waals surface area contributed by atoms with Crippen LogP contribution in [0, 0.1) is 0 Å². The monoisotopic (exact) mass is 502 g/mol. The fourth-order valence-electron chi connectivity index (χ4n) is 3.63. The molecule has 1 aliphatic rings. The molecule has 1 saturated heterocycles. The van der Waals surface area contributed by atoms with Crippen LogP contribution in [0.15, 0.2) is 72.1 Å². The maximum atomic E-state index is 4.89. The molecule has 1 N–H and O–H groups in total. The third-order valence-electron chi connectivity index (χ3n) is 5.05. The van der Waals surface area contributed by atoms with E-state index < -0.39 is 0 Å². The average Bonchev–Trinajstić information content (AvgIpc) is 3.44. The number of pyridine rings is 1. The predicted molar refractivity (Wildman–Crippen MR) is 127 cm³/mol. The molecule has 7 heteroatoms. The number of halogens is 1. The number of hydrogen-bond acceptors (Lipinski definition) is 3. The molecule has 3 aromatic rings. The molecule has 1 atom stereocenters. The number of hydrogen-bond donors (Lipinski definition) is 1. The maximum Gasteiger partial charge on any atom is 0.194 e. The van der Waals surface area contributed by atoms with Crippen molar-refractivity contribution in [1.29, 1.82) is 0 Å². The van der Waals surface area contributed by atoms with Gasteiger partial charge in [-0.25, -0.2) is 14.7 Å². The standard InChI is InChI=1S/C22H26N6.HI/c1-2-23-22(27-14-10-20(17-27)19-7-4-3-5-8-19)25-16-18-9-12-24-21(15-18)28-13-6-11-26-28;/h3-9,11-13,15,20H,2,10,14,16-17H2,1H3,(H,23,25);1H. The zero-order chi connectivity index (χ0) is 19.2. The van der Waals surface area contributed by atoms with Crippen molar-refractivity contribution in [2.24, 2.45) is 4.99 Å². The summed E-state index contributed by atoms with van der Waals surface area (Å²) in [7, 11) is 0. The lowest BCUT2D eigenvalue weighted by Crippen LogP contribution is -2.40. The highest BCUT2D eigenvalue weighted by atomic mass is 127. The number of nitrogens with one attached hydrogen (secondary N) is 1. The van der Waals surface area contributed by atoms with E-state index in [2.05, 4.69) is 57.6 Å². The van der Waals surface area contributed by atoms with Crippen LogP contribution in [0.25, 0.3) is 5.82 Å². The third-order valence-corrected chi connectivity index (χ3v) is 5.05. The normalized spacial score (nSPS) is 16.5. The number of benzene rings is 1. The van der Waals surface area contributed by atoms with Gasteiger partial charge in [0, 0.05) is 44.1 Å². The zero-order valence-electron chi connectivity index (χ0n) is 16.6. The molecular weight excluding hydrogens is 475 g/mol. The molecule has 0 spiro atoms. The van der Waals surface area contributed by atoms with Gasteiger partial charge in [-0.15, -0.1) is 24.0 Å². The number of rotatable bonds is 5. The van der Waals surface area contributed by atoms with Crippen LogP contribution in [0.4, 0.5) is 0 Å². The fourth-order valence-corrected chi connectivity index (χ4v) is 3.63. The van der Waals surface area contributed by atoms with E-state index in [1.807, 2.05) is 30.6 Å². The summed E-state index contributed by atoms with van der Waals surface area (Å²) >= 11 is 0. The van der Waals surface area contributed by atoms with Crippen LogP contribution < -0.4 is 5.32 Å². The van der Waals surface area contributed by atoms with Gasteiger partial charge < -0.3 is 10.2 Å². The predicted octanol–water partition coefficient (Wildman–Crippen LogP) is 3.84. The zero-order valence-corrected chi connectivity index (χ0v) is 18.9. The molecule has 0 amide bonds. The smallest absolute Gasteiger partial charge is 0.194 e. The van der Waals surface area contributed by atoms with Crippen molar-refractivity contribution in [1.82, 2.24) is 25.0 Å². The Hall–Kier alpha value is -2.42. The van der Waals surface area contributed by atoms with Gasteiger partial charge in [0.1, 0.15) is 0 Å². The van der Waals surface area contributed by atoms with Crippen molar-refractivity contribution in [3.05, 3.63) is 78.2 Å². The Morgan fingerprint density at radius 1 is 1.17 bits per heavy atom. The number of guanidine groups is 1. The second-order valence-corrected chi connectivity index (χ2v) is 6.99. The Morgan fingerprint density at radius 3 is 2.79 bits per heavy atom. The fraction of sp³-hybridized carbons (Fsp3) is 0.318. The van der Waals surface area contributed by atoms with Crippen molar-refractivity contribution >= 4 is 29.9 Å². The molecule has 1 unspecified atom stereocenters. The van der Waals surface area contributed by atoms with Crippen LogP contribution in [0.3, 0.4) is 0 Å². The summed E-state index contributed by atoms with van der Waals surface area (Å²) < 4.78 is 1.77. The lowest BCUT2D eigenvalue weighted by Gasteiger charge is -2.22. The summed E-state index contributed by atoms with van der Waals surface area (Å²) in [6.07, 6.45) is 6.63. The summed E-state index contributed by atoms with van der Waals surface area (Å²) in [5.74, 6) is 2.36. The minimum Gasteiger partial charge on any atom is -0.357 e. The molecule has 2 aromatic heterocycles. The molecule has 3 heterocycles. The van der Waals surface area contributed by atoms with E-state index in [4.69, 9.17) is 4.99 Å². The quantitative estimate of drug-likeness (QED) is 0.327. The van der Waals surface area contributed by atoms with Crippen LogP contribution in [-0.2, 0) is 6.54 Å². The Bertz CT molecular complexity index is 910. The SMILES string of the molecule is CCNC(=NCc1ccnc(-n2cccn2)c1)N1CCC(c2ccccc2)C1.I. The van der Waals surface area contributed by atoms with Gasteiger partial charge in [0.2, 0.25) is 0 Å². The Balaban J connectivity index is 0.00000240. The number of aromatic nitrogens is 3. The topological polar surface area (TPSA) is 58.3 Å². The van der Waals surface area contributed by atoms with E-state index in [-0.39, 0.29) is 24.0 Å². The Kier molecular flexibility index (Phi) is 7.62. The van der Waals surface area contributed by atoms with Crippen molar-refractivity contribution < 1.29 is 0 Å². The van der Waals surface area contributed by atoms with E-state index in [1.54, 1.807) is 10.9 Å². The van der Waals surface area contributed by atoms with E-state index in [9.17, 15) is 0 Å². The van der Waals surface area contributed by atoms with Gasteiger partial charge in [-0.2, -0.15) is 5.10 Å². The molecule has 152 valence electrons. The van der Waals surface area contributed by atoms with Gasteiger partial charge in [0.25, 0.3) is 0 Å². The minimum absolute atomic E-state index is 0. The molecule has 0 aliphatic carbocycles. The van der Waals surface area contributed by atoms with Gasteiger partial charge in [-0.3, -0.25) is 0 Å². The highest BCUT2D eigenvalue weighted by Gasteiger charge is 2.25. The number of likely N-dealkylation sites (tertiary alicyclic amines) is 1. The first-order chi connectivity index (χ1) is 13.8. The number of nitrogens with zero attached hydrogens (tertiary/aromatic N) is 5. The molecule has 6 nitrogen and oxygen atoms in total. The van der Waals surface area contributed by atoms with Crippen LogP contribution in [0.1, 0.15) is 30.4 Å². The van der Waals surface area contributed by atoms with Crippen LogP contribution in [0.5, 0.6) is 0 Å². The van der Waals surface area contributed by atoms with Gasteiger partial charge >= 0.3 is 0 Å². The first-order valence-electron chi connectivity index (χ1n) is 9.86. The molecule has 1 aliphatic heterocycles. The molecule has 4 rings (SSSR count). The molecule has 0 bridgehead atoms. The number of aliphatic imine (C=N–C) groups is 1. The molecule has 1 aromatic carbocycles. The summed E-state index contributed by atoms with van der Waals surface area (Å²) in [4.78, 5) is 11.7. The maximum absolute atomic E-state index is 4.89. The van der Waals surface area contributed by atoms with Gasteiger partial charge in [0.05, 0.1) is 6.54 Å². The van der Waals surface area contributed by atoms with Crippen molar-refractivity contribution in [3.8, 4) is 5.82 Å². The second kappa shape index (κ2) is 10.4. The van der Waals surface area contributed by atoms with Crippen LogP contribution >= 0.6 is 24.0 Å². The van der Waals surface area contributed by atoms with E-state index in [1.165, 1.54) is 5.56 Å². The van der Waals surface area contributed by atoms with Crippen molar-refractivity contribution in [2.45, 2.75) is 25.8 Å². The molecule has 0 radical (unpaired) electrons. The summed E-state index contributed by atoms with van der Waals surface area (Å²) in [6.45, 7) is 5.62. The summed E-state index contributed by atoms with van der Waals surface area (Å²) in [5.41, 5.74) is 2.54. The van der Waals surface area contributed by atoms with Gasteiger partial charge in [0.15, 0.2) is 11.8 Å². The molecule has 1 fully saturated rings. The lowest BCUT2D eigenvalue weighted by molar-refractivity contribution is 0.486. The lowest BCUT2D eigenvalue weighted by atomic mass is 9.99. The van der Waals surface area contributed by atoms with E-state index >= 15 is 0 Å². The van der Waals surface area contributed by atoms with E-state index in [0.29, 0.717) is 12.5 Å². The van der Waals surface area contributed by atoms with Crippen LogP contribution in [-0.4, -0.2) is 45.3 Å². The second-order valence-electron chi connectivity index (χ2n) is 6.99. The first kappa shape index (κ1) is 21.3. The summed E-state index contributed by atoms with van der Waals surface area (Å²) in [6, 6.07) is 16.7. The highest BCUT2D eigenvalue weighted by molar-refractivity contribution is 14.0. The van der Waals surface area contributed by atoms with Gasteiger partial charge in [-0.1, -0.05) is 30.3 Å². The van der Waals surface area contributed by atoms with Crippen LogP contribution in [0.2, 0.25) is 0 Å². The van der Waals surface area contributed by atoms with Crippen molar-refractivity contribution in [2.75, 3.05) is 19.6 Å². The molecule has 29 heavy (non-hydrogen) atoms. The van der Waals surface area contributed by atoms with E-state index in [0.717, 1.165) is 43.4 Å². The van der Waals surface area contributed by atoms with Crippen molar-refractivity contribution in [3.63, 3.8) is 0 Å².